The molecule has 1 aliphatic heterocycles. The Balaban J connectivity index is 2.08. The molecule has 0 aromatic heterocycles. The number of hydrogen-bond donors (Lipinski definition) is 0. The quantitative estimate of drug-likeness (QED) is 0.572. The van der Waals surface area contributed by atoms with Crippen molar-refractivity contribution in [2.24, 2.45) is 5.92 Å². The smallest absolute Gasteiger partial charge is 0.409 e. The van der Waals surface area contributed by atoms with Gasteiger partial charge in [0, 0.05) is 13.1 Å². The van der Waals surface area contributed by atoms with Crippen LogP contribution in [0.3, 0.4) is 0 Å². The molecule has 1 aliphatic rings. The number of likely N-dealkylation sites (tertiary alicyclic amines) is 1. The maximum atomic E-state index is 11.8. The van der Waals surface area contributed by atoms with Crippen molar-refractivity contribution in [3.05, 3.63) is 0 Å². The zero-order valence-electron chi connectivity index (χ0n) is 12.8. The van der Waals surface area contributed by atoms with Gasteiger partial charge in [-0.05, 0) is 25.2 Å². The van der Waals surface area contributed by atoms with Gasteiger partial charge < -0.3 is 9.64 Å². The van der Waals surface area contributed by atoms with E-state index in [0.717, 1.165) is 32.4 Å². The Kier molecular flexibility index (Phi) is 8.68. The van der Waals surface area contributed by atoms with E-state index in [-0.39, 0.29) is 6.09 Å². The van der Waals surface area contributed by atoms with Gasteiger partial charge in [0.2, 0.25) is 0 Å². The zero-order valence-corrected chi connectivity index (χ0v) is 12.8. The van der Waals surface area contributed by atoms with Crippen LogP contribution in [0, 0.1) is 5.92 Å². The largest absolute Gasteiger partial charge is 0.449 e. The first kappa shape index (κ1) is 16.3. The predicted octanol–water partition coefficient (Wildman–Crippen LogP) is 4.61. The van der Waals surface area contributed by atoms with Crippen LogP contribution in [0.5, 0.6) is 0 Å². The second kappa shape index (κ2) is 10.1. The minimum Gasteiger partial charge on any atom is -0.449 e. The number of carbonyl (C=O) groups excluding carboxylic acids is 1. The van der Waals surface area contributed by atoms with Crippen LogP contribution in [0.1, 0.15) is 71.6 Å². The molecule has 0 bridgehead atoms. The second-order valence-electron chi connectivity index (χ2n) is 5.75. The fourth-order valence-electron chi connectivity index (χ4n) is 2.62. The van der Waals surface area contributed by atoms with E-state index < -0.39 is 0 Å². The Labute approximate surface area is 118 Å². The van der Waals surface area contributed by atoms with E-state index in [1.807, 2.05) is 4.90 Å². The maximum absolute atomic E-state index is 11.8. The Hall–Kier alpha value is -0.730. The molecule has 0 aromatic carbocycles. The molecule has 112 valence electrons. The number of ether oxygens (including phenoxy) is 1. The number of carbonyl (C=O) groups is 1. The van der Waals surface area contributed by atoms with Gasteiger partial charge in [-0.2, -0.15) is 0 Å². The molecule has 19 heavy (non-hydrogen) atoms. The first-order valence-electron chi connectivity index (χ1n) is 8.19. The van der Waals surface area contributed by atoms with Gasteiger partial charge >= 0.3 is 6.09 Å². The van der Waals surface area contributed by atoms with E-state index in [4.69, 9.17) is 4.74 Å². The average Bonchev–Trinajstić information content (AvgIpc) is 2.95. The highest BCUT2D eigenvalue weighted by atomic mass is 16.6. The fraction of sp³-hybridized carbons (Fsp3) is 0.938. The molecule has 0 aromatic rings. The molecular formula is C16H31NO2. The Morgan fingerprint density at radius 3 is 2.42 bits per heavy atom. The van der Waals surface area contributed by atoms with Gasteiger partial charge in [0.05, 0.1) is 6.61 Å². The SMILES string of the molecule is CCCCCCCC(CC)COC(=O)N1CCCC1. The molecule has 1 heterocycles. The van der Waals surface area contributed by atoms with Gasteiger partial charge in [-0.1, -0.05) is 52.4 Å². The van der Waals surface area contributed by atoms with Crippen molar-refractivity contribution in [1.82, 2.24) is 4.90 Å². The topological polar surface area (TPSA) is 29.5 Å². The molecule has 0 saturated carbocycles. The maximum Gasteiger partial charge on any atom is 0.409 e. The van der Waals surface area contributed by atoms with Crippen molar-refractivity contribution in [3.63, 3.8) is 0 Å². The fourth-order valence-corrected chi connectivity index (χ4v) is 2.62. The van der Waals surface area contributed by atoms with Crippen molar-refractivity contribution in [2.45, 2.75) is 71.6 Å². The minimum atomic E-state index is -0.0954. The molecule has 1 amide bonds. The van der Waals surface area contributed by atoms with Crippen molar-refractivity contribution >= 4 is 6.09 Å². The van der Waals surface area contributed by atoms with E-state index in [2.05, 4.69) is 13.8 Å². The summed E-state index contributed by atoms with van der Waals surface area (Å²) in [6.07, 6.45) is 11.1. The summed E-state index contributed by atoms with van der Waals surface area (Å²) in [6, 6.07) is 0. The highest BCUT2D eigenvalue weighted by Gasteiger charge is 2.20. The summed E-state index contributed by atoms with van der Waals surface area (Å²) in [5.74, 6) is 0.549. The third-order valence-corrected chi connectivity index (χ3v) is 4.10. The van der Waals surface area contributed by atoms with Gasteiger partial charge in [-0.3, -0.25) is 0 Å². The third kappa shape index (κ3) is 6.84. The van der Waals surface area contributed by atoms with E-state index in [1.54, 1.807) is 0 Å². The number of nitrogens with zero attached hydrogens (tertiary/aromatic N) is 1. The Bertz CT molecular complexity index is 237. The molecule has 1 fully saturated rings. The van der Waals surface area contributed by atoms with Gasteiger partial charge in [0.1, 0.15) is 0 Å². The van der Waals surface area contributed by atoms with Crippen LogP contribution in [0.25, 0.3) is 0 Å². The van der Waals surface area contributed by atoms with Crippen molar-refractivity contribution < 1.29 is 9.53 Å². The third-order valence-electron chi connectivity index (χ3n) is 4.10. The van der Waals surface area contributed by atoms with Crippen LogP contribution >= 0.6 is 0 Å². The highest BCUT2D eigenvalue weighted by molar-refractivity contribution is 5.67. The number of amides is 1. The lowest BCUT2D eigenvalue weighted by Gasteiger charge is -2.19. The molecular weight excluding hydrogens is 238 g/mol. The first-order valence-corrected chi connectivity index (χ1v) is 8.19. The van der Waals surface area contributed by atoms with Crippen molar-refractivity contribution in [1.29, 1.82) is 0 Å². The summed E-state index contributed by atoms with van der Waals surface area (Å²) in [5.41, 5.74) is 0. The summed E-state index contributed by atoms with van der Waals surface area (Å²) in [7, 11) is 0. The standard InChI is InChI=1S/C16H31NO2/c1-3-5-6-7-8-11-15(4-2)14-19-16(18)17-12-9-10-13-17/h15H,3-14H2,1-2H3. The van der Waals surface area contributed by atoms with E-state index in [1.165, 1.54) is 38.5 Å². The lowest BCUT2D eigenvalue weighted by Crippen LogP contribution is -2.29. The van der Waals surface area contributed by atoms with Crippen LogP contribution in [0.2, 0.25) is 0 Å². The van der Waals surface area contributed by atoms with Crippen LogP contribution in [-0.2, 0) is 4.74 Å². The summed E-state index contributed by atoms with van der Waals surface area (Å²) in [5, 5.41) is 0. The van der Waals surface area contributed by atoms with Crippen molar-refractivity contribution in [2.75, 3.05) is 19.7 Å². The van der Waals surface area contributed by atoms with E-state index >= 15 is 0 Å². The summed E-state index contributed by atoms with van der Waals surface area (Å²) < 4.78 is 5.44. The van der Waals surface area contributed by atoms with E-state index in [0.29, 0.717) is 12.5 Å². The lowest BCUT2D eigenvalue weighted by molar-refractivity contribution is 0.0915. The minimum absolute atomic E-state index is 0.0954. The Morgan fingerprint density at radius 1 is 1.11 bits per heavy atom. The molecule has 0 radical (unpaired) electrons. The monoisotopic (exact) mass is 269 g/mol. The van der Waals surface area contributed by atoms with Gasteiger partial charge in [-0.15, -0.1) is 0 Å². The summed E-state index contributed by atoms with van der Waals surface area (Å²) in [4.78, 5) is 13.6. The lowest BCUT2D eigenvalue weighted by atomic mass is 9.99. The molecule has 3 heteroatoms. The van der Waals surface area contributed by atoms with E-state index in [9.17, 15) is 4.79 Å². The molecule has 1 rings (SSSR count). The van der Waals surface area contributed by atoms with Gasteiger partial charge in [0.25, 0.3) is 0 Å². The summed E-state index contributed by atoms with van der Waals surface area (Å²) >= 11 is 0. The highest BCUT2D eigenvalue weighted by Crippen LogP contribution is 2.16. The molecule has 3 nitrogen and oxygen atoms in total. The number of rotatable bonds is 9. The number of unbranched alkanes of at least 4 members (excludes halogenated alkanes) is 4. The Morgan fingerprint density at radius 2 is 1.79 bits per heavy atom. The molecule has 1 saturated heterocycles. The molecule has 0 spiro atoms. The first-order chi connectivity index (χ1) is 9.27. The summed E-state index contributed by atoms with van der Waals surface area (Å²) in [6.45, 7) is 6.81. The van der Waals surface area contributed by atoms with Crippen LogP contribution in [0.4, 0.5) is 4.79 Å². The normalized spacial score (nSPS) is 16.6. The molecule has 0 aliphatic carbocycles. The second-order valence-corrected chi connectivity index (χ2v) is 5.75. The number of hydrogen-bond acceptors (Lipinski definition) is 2. The van der Waals surface area contributed by atoms with Crippen LogP contribution in [0.15, 0.2) is 0 Å². The van der Waals surface area contributed by atoms with Crippen LogP contribution in [-0.4, -0.2) is 30.7 Å². The molecule has 1 unspecified atom stereocenters. The predicted molar refractivity (Wildman–Crippen MR) is 79.3 cm³/mol. The zero-order chi connectivity index (χ0) is 13.9. The average molecular weight is 269 g/mol. The van der Waals surface area contributed by atoms with Crippen LogP contribution < -0.4 is 0 Å². The van der Waals surface area contributed by atoms with Gasteiger partial charge in [0.15, 0.2) is 0 Å². The van der Waals surface area contributed by atoms with Crippen molar-refractivity contribution in [3.8, 4) is 0 Å². The molecule has 0 N–H and O–H groups in total. The molecule has 1 atom stereocenters. The van der Waals surface area contributed by atoms with Gasteiger partial charge in [-0.25, -0.2) is 4.79 Å².